The molecule has 2 unspecified atom stereocenters. The van der Waals surface area contributed by atoms with Crippen molar-refractivity contribution >= 4 is 0 Å². The summed E-state index contributed by atoms with van der Waals surface area (Å²) >= 11 is 0. The minimum atomic E-state index is 0.353. The highest BCUT2D eigenvalue weighted by molar-refractivity contribution is 5.10. The van der Waals surface area contributed by atoms with E-state index in [0.29, 0.717) is 12.0 Å². The van der Waals surface area contributed by atoms with Crippen molar-refractivity contribution in [1.82, 2.24) is 5.32 Å². The minimum Gasteiger partial charge on any atom is -0.465 e. The Morgan fingerprint density at radius 2 is 1.94 bits per heavy atom. The van der Waals surface area contributed by atoms with E-state index in [0.717, 1.165) is 30.4 Å². The zero-order valence-electron chi connectivity index (χ0n) is 11.9. The maximum Gasteiger partial charge on any atom is 0.121 e. The third-order valence-corrected chi connectivity index (χ3v) is 3.09. The van der Waals surface area contributed by atoms with Gasteiger partial charge in [0.05, 0.1) is 6.04 Å². The van der Waals surface area contributed by atoms with Crippen LogP contribution in [0.5, 0.6) is 0 Å². The number of hydrogen-bond acceptors (Lipinski definition) is 2. The molecule has 0 aliphatic heterocycles. The third kappa shape index (κ3) is 4.55. The predicted octanol–water partition coefficient (Wildman–Crippen LogP) is 4.31. The lowest BCUT2D eigenvalue weighted by Gasteiger charge is -2.24. The van der Waals surface area contributed by atoms with Crippen LogP contribution in [-0.4, -0.2) is 6.54 Å². The summed E-state index contributed by atoms with van der Waals surface area (Å²) in [5, 5.41) is 3.61. The van der Waals surface area contributed by atoms with Crippen LogP contribution >= 0.6 is 0 Å². The van der Waals surface area contributed by atoms with Crippen molar-refractivity contribution < 1.29 is 4.42 Å². The predicted molar refractivity (Wildman–Crippen MR) is 73.1 cm³/mol. The summed E-state index contributed by atoms with van der Waals surface area (Å²) < 4.78 is 5.78. The molecular weight excluding hydrogens is 210 g/mol. The molecule has 17 heavy (non-hydrogen) atoms. The fourth-order valence-electron chi connectivity index (χ4n) is 2.38. The summed E-state index contributed by atoms with van der Waals surface area (Å²) in [5.41, 5.74) is 0. The second-order valence-corrected chi connectivity index (χ2v) is 5.49. The van der Waals surface area contributed by atoms with Crippen LogP contribution in [0, 0.1) is 18.8 Å². The second-order valence-electron chi connectivity index (χ2n) is 5.49. The molecule has 1 aromatic rings. The third-order valence-electron chi connectivity index (χ3n) is 3.09. The Balaban J connectivity index is 2.72. The zero-order valence-corrected chi connectivity index (χ0v) is 11.9. The van der Waals surface area contributed by atoms with Gasteiger partial charge in [-0.25, -0.2) is 0 Å². The van der Waals surface area contributed by atoms with Gasteiger partial charge in [0.25, 0.3) is 0 Å². The van der Waals surface area contributed by atoms with Crippen LogP contribution in [0.25, 0.3) is 0 Å². The van der Waals surface area contributed by atoms with Gasteiger partial charge in [-0.3, -0.25) is 0 Å². The molecule has 0 fully saturated rings. The highest BCUT2D eigenvalue weighted by Crippen LogP contribution is 2.28. The second kappa shape index (κ2) is 6.85. The number of nitrogens with one attached hydrogen (secondary N) is 1. The molecule has 1 N–H and O–H groups in total. The van der Waals surface area contributed by atoms with Gasteiger partial charge in [0.15, 0.2) is 0 Å². The summed E-state index contributed by atoms with van der Waals surface area (Å²) in [4.78, 5) is 0. The lowest BCUT2D eigenvalue weighted by molar-refractivity contribution is 0.286. The van der Waals surface area contributed by atoms with E-state index >= 15 is 0 Å². The molecule has 98 valence electrons. The lowest BCUT2D eigenvalue weighted by atomic mass is 9.90. The molecule has 0 aliphatic carbocycles. The lowest BCUT2D eigenvalue weighted by Crippen LogP contribution is -2.28. The van der Waals surface area contributed by atoms with Gasteiger partial charge in [0.1, 0.15) is 11.5 Å². The quantitative estimate of drug-likeness (QED) is 0.764. The first kappa shape index (κ1) is 14.3. The summed E-state index contributed by atoms with van der Waals surface area (Å²) in [6, 6.07) is 4.52. The normalized spacial score (nSPS) is 15.2. The SMILES string of the molecule is CCCNC(c1ccc(C)o1)C(C)CC(C)C. The molecule has 0 saturated heterocycles. The van der Waals surface area contributed by atoms with Crippen LogP contribution in [0.3, 0.4) is 0 Å². The first-order valence-corrected chi connectivity index (χ1v) is 6.84. The minimum absolute atomic E-state index is 0.353. The van der Waals surface area contributed by atoms with E-state index in [1.165, 1.54) is 6.42 Å². The molecule has 2 heteroatoms. The van der Waals surface area contributed by atoms with Crippen LogP contribution in [0.1, 0.15) is 58.1 Å². The fourth-order valence-corrected chi connectivity index (χ4v) is 2.38. The number of aryl methyl sites for hydroxylation is 1. The monoisotopic (exact) mass is 237 g/mol. The van der Waals surface area contributed by atoms with Gasteiger partial charge in [0.2, 0.25) is 0 Å². The first-order valence-electron chi connectivity index (χ1n) is 6.84. The molecule has 2 atom stereocenters. The van der Waals surface area contributed by atoms with E-state index < -0.39 is 0 Å². The molecule has 0 saturated carbocycles. The number of rotatable bonds is 7. The van der Waals surface area contributed by atoms with E-state index in [-0.39, 0.29) is 0 Å². The Kier molecular flexibility index (Phi) is 5.76. The van der Waals surface area contributed by atoms with Crippen molar-refractivity contribution in [2.24, 2.45) is 11.8 Å². The van der Waals surface area contributed by atoms with Crippen LogP contribution < -0.4 is 5.32 Å². The highest BCUT2D eigenvalue weighted by atomic mass is 16.3. The fraction of sp³-hybridized carbons (Fsp3) is 0.733. The topological polar surface area (TPSA) is 25.2 Å². The molecule has 1 aromatic heterocycles. The molecular formula is C15H27NO. The summed E-state index contributed by atoms with van der Waals surface area (Å²) in [6.45, 7) is 12.1. The number of hydrogen-bond donors (Lipinski definition) is 1. The van der Waals surface area contributed by atoms with E-state index in [9.17, 15) is 0 Å². The molecule has 1 heterocycles. The van der Waals surface area contributed by atoms with Crippen LogP contribution in [0.15, 0.2) is 16.5 Å². The molecule has 0 aromatic carbocycles. The van der Waals surface area contributed by atoms with Crippen molar-refractivity contribution in [2.45, 2.75) is 53.5 Å². The molecule has 0 bridgehead atoms. The Labute approximate surface area is 106 Å². The van der Waals surface area contributed by atoms with Crippen molar-refractivity contribution in [3.8, 4) is 0 Å². The Bertz CT molecular complexity index is 316. The van der Waals surface area contributed by atoms with Crippen LogP contribution in [-0.2, 0) is 0 Å². The van der Waals surface area contributed by atoms with Crippen molar-refractivity contribution in [3.05, 3.63) is 23.7 Å². The highest BCUT2D eigenvalue weighted by Gasteiger charge is 2.22. The largest absolute Gasteiger partial charge is 0.465 e. The van der Waals surface area contributed by atoms with Gasteiger partial charge in [-0.05, 0) is 50.3 Å². The van der Waals surface area contributed by atoms with Gasteiger partial charge < -0.3 is 9.73 Å². The van der Waals surface area contributed by atoms with Gasteiger partial charge in [-0.1, -0.05) is 27.7 Å². The molecule has 0 amide bonds. The summed E-state index contributed by atoms with van der Waals surface area (Å²) in [5.74, 6) is 3.42. The van der Waals surface area contributed by atoms with Crippen LogP contribution in [0.4, 0.5) is 0 Å². The zero-order chi connectivity index (χ0) is 12.8. The Hall–Kier alpha value is -0.760. The standard InChI is InChI=1S/C15H27NO/c1-6-9-16-15(12(4)10-11(2)3)14-8-7-13(5)17-14/h7-8,11-12,15-16H,6,9-10H2,1-5H3. The van der Waals surface area contributed by atoms with Gasteiger partial charge in [-0.15, -0.1) is 0 Å². The van der Waals surface area contributed by atoms with Crippen molar-refractivity contribution in [3.63, 3.8) is 0 Å². The van der Waals surface area contributed by atoms with E-state index in [1.54, 1.807) is 0 Å². The molecule has 0 spiro atoms. The van der Waals surface area contributed by atoms with Gasteiger partial charge in [0, 0.05) is 0 Å². The maximum atomic E-state index is 5.78. The average molecular weight is 237 g/mol. The molecule has 0 radical (unpaired) electrons. The molecule has 0 aliphatic rings. The average Bonchev–Trinajstić information content (AvgIpc) is 2.64. The van der Waals surface area contributed by atoms with Gasteiger partial charge >= 0.3 is 0 Å². The smallest absolute Gasteiger partial charge is 0.121 e. The van der Waals surface area contributed by atoms with Crippen molar-refractivity contribution in [1.29, 1.82) is 0 Å². The summed E-state index contributed by atoms with van der Waals surface area (Å²) in [7, 11) is 0. The summed E-state index contributed by atoms with van der Waals surface area (Å²) in [6.07, 6.45) is 2.38. The van der Waals surface area contributed by atoms with Crippen LogP contribution in [0.2, 0.25) is 0 Å². The Morgan fingerprint density at radius 3 is 2.41 bits per heavy atom. The van der Waals surface area contributed by atoms with Gasteiger partial charge in [-0.2, -0.15) is 0 Å². The Morgan fingerprint density at radius 1 is 1.24 bits per heavy atom. The maximum absolute atomic E-state index is 5.78. The van der Waals surface area contributed by atoms with Crippen molar-refractivity contribution in [2.75, 3.05) is 6.54 Å². The van der Waals surface area contributed by atoms with E-state index in [4.69, 9.17) is 4.42 Å². The van der Waals surface area contributed by atoms with E-state index in [1.807, 2.05) is 6.92 Å². The number of furan rings is 1. The molecule has 1 rings (SSSR count). The van der Waals surface area contributed by atoms with E-state index in [2.05, 4.69) is 45.1 Å². The molecule has 2 nitrogen and oxygen atoms in total. The first-order chi connectivity index (χ1) is 8.04.